The van der Waals surface area contributed by atoms with Gasteiger partial charge in [-0.05, 0) is 31.2 Å². The molecule has 1 aromatic heterocycles. The van der Waals surface area contributed by atoms with E-state index in [-0.39, 0.29) is 5.91 Å². The van der Waals surface area contributed by atoms with Crippen LogP contribution in [-0.2, 0) is 13.6 Å². The first-order valence-corrected chi connectivity index (χ1v) is 6.01. The number of hydrogen-bond donors (Lipinski definition) is 1. The van der Waals surface area contributed by atoms with Crippen molar-refractivity contribution >= 4 is 5.91 Å². The van der Waals surface area contributed by atoms with Crippen molar-refractivity contribution < 1.29 is 9.53 Å². The Morgan fingerprint density at radius 2 is 2.05 bits per heavy atom. The molecule has 1 N–H and O–H groups in total. The van der Waals surface area contributed by atoms with Crippen LogP contribution in [0.4, 0.5) is 0 Å². The van der Waals surface area contributed by atoms with Crippen molar-refractivity contribution in [2.75, 3.05) is 7.11 Å². The van der Waals surface area contributed by atoms with Crippen LogP contribution >= 0.6 is 0 Å². The summed E-state index contributed by atoms with van der Waals surface area (Å²) < 4.78 is 6.79. The summed E-state index contributed by atoms with van der Waals surface area (Å²) in [6, 6.07) is 7.02. The van der Waals surface area contributed by atoms with Crippen molar-refractivity contribution in [1.82, 2.24) is 15.1 Å². The third-order valence-corrected chi connectivity index (χ3v) is 2.91. The van der Waals surface area contributed by atoms with E-state index in [0.717, 1.165) is 17.0 Å². The molecule has 5 nitrogen and oxygen atoms in total. The maximum absolute atomic E-state index is 12.0. The second-order valence-electron chi connectivity index (χ2n) is 4.32. The van der Waals surface area contributed by atoms with Gasteiger partial charge < -0.3 is 10.1 Å². The highest BCUT2D eigenvalue weighted by Crippen LogP contribution is 2.11. The summed E-state index contributed by atoms with van der Waals surface area (Å²) in [5, 5.41) is 7.11. The lowest BCUT2D eigenvalue weighted by Gasteiger charge is -2.05. The minimum atomic E-state index is -0.106. The van der Waals surface area contributed by atoms with Gasteiger partial charge in [0, 0.05) is 30.9 Å². The Hall–Kier alpha value is -2.30. The molecule has 0 atom stereocenters. The van der Waals surface area contributed by atoms with Crippen molar-refractivity contribution in [1.29, 1.82) is 0 Å². The van der Waals surface area contributed by atoms with Gasteiger partial charge in [0.1, 0.15) is 5.75 Å². The highest BCUT2D eigenvalue weighted by molar-refractivity contribution is 5.94. The molecule has 5 heteroatoms. The molecule has 2 aromatic rings. The number of aromatic nitrogens is 2. The number of amides is 1. The van der Waals surface area contributed by atoms with Gasteiger partial charge in [0.2, 0.25) is 0 Å². The van der Waals surface area contributed by atoms with Crippen LogP contribution in [0.15, 0.2) is 30.5 Å². The van der Waals surface area contributed by atoms with Gasteiger partial charge in [0.05, 0.1) is 12.8 Å². The quantitative estimate of drug-likeness (QED) is 0.908. The van der Waals surface area contributed by atoms with Gasteiger partial charge in [0.15, 0.2) is 0 Å². The number of methoxy groups -OCH3 is 1. The zero-order valence-corrected chi connectivity index (χ0v) is 11.3. The van der Waals surface area contributed by atoms with Gasteiger partial charge in [-0.1, -0.05) is 0 Å². The Labute approximate surface area is 112 Å². The molecular weight excluding hydrogens is 242 g/mol. The molecule has 0 saturated heterocycles. The predicted octanol–water partition coefficient (Wildman–Crippen LogP) is 1.67. The van der Waals surface area contributed by atoms with Crippen molar-refractivity contribution in [2.45, 2.75) is 13.5 Å². The van der Waals surface area contributed by atoms with E-state index in [2.05, 4.69) is 10.4 Å². The van der Waals surface area contributed by atoms with Crippen LogP contribution in [-0.4, -0.2) is 22.8 Å². The summed E-state index contributed by atoms with van der Waals surface area (Å²) in [5.41, 5.74) is 2.56. The summed E-state index contributed by atoms with van der Waals surface area (Å²) in [7, 11) is 3.46. The first-order valence-electron chi connectivity index (χ1n) is 6.01. The number of benzene rings is 1. The maximum atomic E-state index is 12.0. The fourth-order valence-electron chi connectivity index (χ4n) is 1.84. The zero-order valence-electron chi connectivity index (χ0n) is 11.3. The lowest BCUT2D eigenvalue weighted by molar-refractivity contribution is 0.0951. The van der Waals surface area contributed by atoms with Gasteiger partial charge in [-0.3, -0.25) is 9.48 Å². The number of ether oxygens (including phenoxy) is 1. The van der Waals surface area contributed by atoms with Crippen molar-refractivity contribution in [3.05, 3.63) is 47.3 Å². The van der Waals surface area contributed by atoms with E-state index < -0.39 is 0 Å². The Morgan fingerprint density at radius 3 is 2.58 bits per heavy atom. The summed E-state index contributed by atoms with van der Waals surface area (Å²) >= 11 is 0. The van der Waals surface area contributed by atoms with Gasteiger partial charge >= 0.3 is 0 Å². The van der Waals surface area contributed by atoms with E-state index in [1.54, 1.807) is 36.1 Å². The fourth-order valence-corrected chi connectivity index (χ4v) is 1.84. The zero-order chi connectivity index (χ0) is 13.8. The van der Waals surface area contributed by atoms with Crippen LogP contribution in [0.2, 0.25) is 0 Å². The van der Waals surface area contributed by atoms with Crippen LogP contribution in [0.1, 0.15) is 21.6 Å². The molecule has 1 heterocycles. The molecule has 0 fully saturated rings. The minimum absolute atomic E-state index is 0.106. The van der Waals surface area contributed by atoms with Crippen LogP contribution in [0.3, 0.4) is 0 Å². The lowest BCUT2D eigenvalue weighted by atomic mass is 10.2. The third-order valence-electron chi connectivity index (χ3n) is 2.91. The van der Waals surface area contributed by atoms with Gasteiger partial charge in [-0.2, -0.15) is 5.10 Å². The largest absolute Gasteiger partial charge is 0.497 e. The smallest absolute Gasteiger partial charge is 0.251 e. The summed E-state index contributed by atoms with van der Waals surface area (Å²) in [5.74, 6) is 0.630. The van der Waals surface area contributed by atoms with Crippen molar-refractivity contribution in [3.8, 4) is 5.75 Å². The molecule has 0 saturated carbocycles. The first kappa shape index (κ1) is 13.1. The molecule has 0 aliphatic carbocycles. The van der Waals surface area contributed by atoms with Gasteiger partial charge in [0.25, 0.3) is 5.91 Å². The topological polar surface area (TPSA) is 56.1 Å². The molecule has 19 heavy (non-hydrogen) atoms. The van der Waals surface area contributed by atoms with E-state index in [9.17, 15) is 4.79 Å². The van der Waals surface area contributed by atoms with E-state index in [1.807, 2.05) is 20.2 Å². The second kappa shape index (κ2) is 5.56. The molecule has 0 unspecified atom stereocenters. The molecule has 2 rings (SSSR count). The standard InChI is InChI=1S/C14H17N3O2/c1-10-12(9-17(2)16-10)8-15-14(18)11-4-6-13(19-3)7-5-11/h4-7,9H,8H2,1-3H3,(H,15,18). The maximum Gasteiger partial charge on any atom is 0.251 e. The normalized spacial score (nSPS) is 10.3. The van der Waals surface area contributed by atoms with Crippen LogP contribution in [0.5, 0.6) is 5.75 Å². The molecule has 0 aliphatic heterocycles. The van der Waals surface area contributed by atoms with Crippen LogP contribution < -0.4 is 10.1 Å². The second-order valence-corrected chi connectivity index (χ2v) is 4.32. The van der Waals surface area contributed by atoms with Crippen LogP contribution in [0, 0.1) is 6.92 Å². The molecular formula is C14H17N3O2. The Morgan fingerprint density at radius 1 is 1.37 bits per heavy atom. The summed E-state index contributed by atoms with van der Waals surface area (Å²) in [6.45, 7) is 2.40. The molecule has 0 bridgehead atoms. The predicted molar refractivity (Wildman–Crippen MR) is 72.1 cm³/mol. The highest BCUT2D eigenvalue weighted by Gasteiger charge is 2.08. The van der Waals surface area contributed by atoms with Gasteiger partial charge in [-0.15, -0.1) is 0 Å². The van der Waals surface area contributed by atoms with E-state index in [1.165, 1.54) is 0 Å². The summed E-state index contributed by atoms with van der Waals surface area (Å²) in [6.07, 6.45) is 1.91. The van der Waals surface area contributed by atoms with Crippen LogP contribution in [0.25, 0.3) is 0 Å². The molecule has 1 amide bonds. The average molecular weight is 259 g/mol. The van der Waals surface area contributed by atoms with Crippen molar-refractivity contribution in [3.63, 3.8) is 0 Å². The monoisotopic (exact) mass is 259 g/mol. The SMILES string of the molecule is COc1ccc(C(=O)NCc2cn(C)nc2C)cc1. The number of hydrogen-bond acceptors (Lipinski definition) is 3. The number of nitrogens with zero attached hydrogens (tertiary/aromatic N) is 2. The number of rotatable bonds is 4. The number of nitrogens with one attached hydrogen (secondary N) is 1. The van der Waals surface area contributed by atoms with Gasteiger partial charge in [-0.25, -0.2) is 0 Å². The number of aryl methyl sites for hydroxylation is 2. The van der Waals surface area contributed by atoms with E-state index >= 15 is 0 Å². The third kappa shape index (κ3) is 3.13. The fraction of sp³-hybridized carbons (Fsp3) is 0.286. The Kier molecular flexibility index (Phi) is 3.85. The molecule has 0 radical (unpaired) electrons. The first-order chi connectivity index (χ1) is 9.10. The molecule has 0 spiro atoms. The van der Waals surface area contributed by atoms with E-state index in [0.29, 0.717) is 12.1 Å². The van der Waals surface area contributed by atoms with Crippen molar-refractivity contribution in [2.24, 2.45) is 7.05 Å². The molecule has 100 valence electrons. The molecule has 0 aliphatic rings. The van der Waals surface area contributed by atoms with E-state index in [4.69, 9.17) is 4.74 Å². The number of carbonyl (C=O) groups excluding carboxylic acids is 1. The number of carbonyl (C=O) groups is 1. The summed E-state index contributed by atoms with van der Waals surface area (Å²) in [4.78, 5) is 12.0. The Bertz CT molecular complexity index is 573. The lowest BCUT2D eigenvalue weighted by Crippen LogP contribution is -2.22. The minimum Gasteiger partial charge on any atom is -0.497 e. The highest BCUT2D eigenvalue weighted by atomic mass is 16.5. The molecule has 1 aromatic carbocycles. The Balaban J connectivity index is 1.99. The average Bonchev–Trinajstić information content (AvgIpc) is 2.74.